The van der Waals surface area contributed by atoms with E-state index in [1.807, 2.05) is 0 Å². The van der Waals surface area contributed by atoms with Crippen molar-refractivity contribution in [3.63, 3.8) is 0 Å². The van der Waals surface area contributed by atoms with Crippen LogP contribution in [0, 0.1) is 0 Å². The first-order valence-corrected chi connectivity index (χ1v) is 7.20. The fourth-order valence-corrected chi connectivity index (χ4v) is 2.26. The molecule has 0 aliphatic carbocycles. The predicted molar refractivity (Wildman–Crippen MR) is 86.3 cm³/mol. The lowest BCUT2D eigenvalue weighted by Gasteiger charge is -2.10. The van der Waals surface area contributed by atoms with Gasteiger partial charge in [-0.1, -0.05) is 49.7 Å². The van der Waals surface area contributed by atoms with Gasteiger partial charge in [-0.3, -0.25) is 0 Å². The van der Waals surface area contributed by atoms with Crippen molar-refractivity contribution < 1.29 is 9.90 Å². The topological polar surface area (TPSA) is 49.3 Å². The van der Waals surface area contributed by atoms with Gasteiger partial charge >= 0.3 is 5.97 Å². The number of nitrogens with one attached hydrogen (secondary N) is 1. The van der Waals surface area contributed by atoms with Crippen LogP contribution in [0.15, 0.2) is 42.5 Å². The van der Waals surface area contributed by atoms with Crippen molar-refractivity contribution in [1.29, 1.82) is 0 Å². The van der Waals surface area contributed by atoms with E-state index >= 15 is 0 Å². The van der Waals surface area contributed by atoms with E-state index in [1.165, 1.54) is 11.6 Å². The Bertz CT molecular complexity index is 636. The first-order valence-electron chi connectivity index (χ1n) is 6.83. The standard InChI is InChI=1S/C17H18ClNO2/c1-11(2)13-5-3-12(4-6-13)10-19-16-8-7-14(17(20)21)9-15(16)18/h3-9,11,19H,10H2,1-2H3,(H,20,21). The van der Waals surface area contributed by atoms with Crippen molar-refractivity contribution in [1.82, 2.24) is 0 Å². The van der Waals surface area contributed by atoms with E-state index < -0.39 is 5.97 Å². The Morgan fingerprint density at radius 3 is 2.38 bits per heavy atom. The van der Waals surface area contributed by atoms with Crippen LogP contribution in [0.5, 0.6) is 0 Å². The summed E-state index contributed by atoms with van der Waals surface area (Å²) >= 11 is 6.08. The summed E-state index contributed by atoms with van der Waals surface area (Å²) in [5.41, 5.74) is 3.38. The molecule has 0 radical (unpaired) electrons. The summed E-state index contributed by atoms with van der Waals surface area (Å²) in [6.07, 6.45) is 0. The van der Waals surface area contributed by atoms with Crippen molar-refractivity contribution in [2.45, 2.75) is 26.3 Å². The van der Waals surface area contributed by atoms with E-state index in [0.29, 0.717) is 17.5 Å². The molecule has 0 bridgehead atoms. The number of halogens is 1. The molecule has 0 aromatic heterocycles. The fraction of sp³-hybridized carbons (Fsp3) is 0.235. The van der Waals surface area contributed by atoms with Crippen LogP contribution in [0.2, 0.25) is 5.02 Å². The number of carbonyl (C=O) groups is 1. The molecule has 110 valence electrons. The van der Waals surface area contributed by atoms with Crippen LogP contribution in [0.4, 0.5) is 5.69 Å². The number of rotatable bonds is 5. The van der Waals surface area contributed by atoms with E-state index in [-0.39, 0.29) is 5.56 Å². The van der Waals surface area contributed by atoms with E-state index in [0.717, 1.165) is 11.3 Å². The third-order valence-electron chi connectivity index (χ3n) is 3.35. The predicted octanol–water partition coefficient (Wildman–Crippen LogP) is 4.77. The first kappa shape index (κ1) is 15.4. The Kier molecular flexibility index (Phi) is 4.86. The summed E-state index contributed by atoms with van der Waals surface area (Å²) in [4.78, 5) is 10.9. The Labute approximate surface area is 129 Å². The highest BCUT2D eigenvalue weighted by Crippen LogP contribution is 2.24. The maximum absolute atomic E-state index is 10.9. The number of benzene rings is 2. The number of hydrogen-bond donors (Lipinski definition) is 2. The van der Waals surface area contributed by atoms with Crippen LogP contribution in [-0.2, 0) is 6.54 Å². The van der Waals surface area contributed by atoms with Gasteiger partial charge < -0.3 is 10.4 Å². The minimum Gasteiger partial charge on any atom is -0.478 e. The number of hydrogen-bond acceptors (Lipinski definition) is 2. The van der Waals surface area contributed by atoms with E-state index in [1.54, 1.807) is 12.1 Å². The summed E-state index contributed by atoms with van der Waals surface area (Å²) < 4.78 is 0. The largest absolute Gasteiger partial charge is 0.478 e. The van der Waals surface area contributed by atoms with Gasteiger partial charge in [-0.05, 0) is 35.2 Å². The smallest absolute Gasteiger partial charge is 0.335 e. The molecule has 2 aromatic rings. The van der Waals surface area contributed by atoms with Crippen molar-refractivity contribution in [3.05, 3.63) is 64.2 Å². The third-order valence-corrected chi connectivity index (χ3v) is 3.66. The van der Waals surface area contributed by atoms with Crippen molar-refractivity contribution >= 4 is 23.3 Å². The first-order chi connectivity index (χ1) is 9.97. The summed E-state index contributed by atoms with van der Waals surface area (Å²) in [5.74, 6) is -0.460. The zero-order chi connectivity index (χ0) is 15.4. The minimum atomic E-state index is -0.979. The number of carboxylic acid groups (broad SMARTS) is 1. The van der Waals surface area contributed by atoms with Gasteiger partial charge in [0, 0.05) is 6.54 Å². The molecule has 2 rings (SSSR count). The van der Waals surface area contributed by atoms with Gasteiger partial charge in [0.2, 0.25) is 0 Å². The lowest BCUT2D eigenvalue weighted by molar-refractivity contribution is 0.0697. The van der Waals surface area contributed by atoms with E-state index in [4.69, 9.17) is 16.7 Å². The number of aromatic carboxylic acids is 1. The van der Waals surface area contributed by atoms with Crippen LogP contribution < -0.4 is 5.32 Å². The zero-order valence-corrected chi connectivity index (χ0v) is 12.8. The zero-order valence-electron chi connectivity index (χ0n) is 12.1. The molecule has 2 aromatic carbocycles. The Morgan fingerprint density at radius 1 is 1.19 bits per heavy atom. The van der Waals surface area contributed by atoms with Gasteiger partial charge in [-0.25, -0.2) is 4.79 Å². The molecule has 0 saturated heterocycles. The molecule has 3 nitrogen and oxygen atoms in total. The second-order valence-electron chi connectivity index (χ2n) is 5.25. The molecule has 0 fully saturated rings. The van der Waals surface area contributed by atoms with Gasteiger partial charge in [0.1, 0.15) is 0 Å². The Balaban J connectivity index is 2.04. The molecule has 4 heteroatoms. The van der Waals surface area contributed by atoms with Crippen LogP contribution in [-0.4, -0.2) is 11.1 Å². The molecular formula is C17H18ClNO2. The van der Waals surface area contributed by atoms with Crippen LogP contribution in [0.3, 0.4) is 0 Å². The lowest BCUT2D eigenvalue weighted by atomic mass is 10.0. The normalized spacial score (nSPS) is 10.7. The van der Waals surface area contributed by atoms with E-state index in [9.17, 15) is 4.79 Å². The van der Waals surface area contributed by atoms with Gasteiger partial charge in [0.15, 0.2) is 0 Å². The van der Waals surface area contributed by atoms with Gasteiger partial charge in [0.25, 0.3) is 0 Å². The molecule has 0 amide bonds. The molecule has 0 saturated carbocycles. The van der Waals surface area contributed by atoms with Crippen molar-refractivity contribution in [2.75, 3.05) is 5.32 Å². The average molecular weight is 304 g/mol. The summed E-state index contributed by atoms with van der Waals surface area (Å²) in [5, 5.41) is 12.5. The molecule has 0 unspecified atom stereocenters. The summed E-state index contributed by atoms with van der Waals surface area (Å²) in [7, 11) is 0. The van der Waals surface area contributed by atoms with E-state index in [2.05, 4.69) is 43.4 Å². The molecule has 0 heterocycles. The monoisotopic (exact) mass is 303 g/mol. The quantitative estimate of drug-likeness (QED) is 0.836. The van der Waals surface area contributed by atoms with Gasteiger partial charge in [-0.15, -0.1) is 0 Å². The maximum atomic E-state index is 10.9. The molecule has 0 spiro atoms. The molecule has 0 aliphatic heterocycles. The highest BCUT2D eigenvalue weighted by atomic mass is 35.5. The second-order valence-corrected chi connectivity index (χ2v) is 5.66. The Hall–Kier alpha value is -2.00. The van der Waals surface area contributed by atoms with Crippen LogP contribution in [0.25, 0.3) is 0 Å². The maximum Gasteiger partial charge on any atom is 0.335 e. The SMILES string of the molecule is CC(C)c1ccc(CNc2ccc(C(=O)O)cc2Cl)cc1. The number of anilines is 1. The third kappa shape index (κ3) is 3.99. The summed E-state index contributed by atoms with van der Waals surface area (Å²) in [6.45, 7) is 4.97. The minimum absolute atomic E-state index is 0.187. The average Bonchev–Trinajstić information content (AvgIpc) is 2.46. The molecular weight excluding hydrogens is 286 g/mol. The van der Waals surface area contributed by atoms with Crippen molar-refractivity contribution in [3.8, 4) is 0 Å². The molecule has 2 N–H and O–H groups in total. The highest BCUT2D eigenvalue weighted by Gasteiger charge is 2.07. The highest BCUT2D eigenvalue weighted by molar-refractivity contribution is 6.33. The molecule has 0 atom stereocenters. The van der Waals surface area contributed by atoms with Crippen LogP contribution >= 0.6 is 11.6 Å². The molecule has 21 heavy (non-hydrogen) atoms. The lowest BCUT2D eigenvalue weighted by Crippen LogP contribution is -2.02. The molecule has 0 aliphatic rings. The second kappa shape index (κ2) is 6.64. The summed E-state index contributed by atoms with van der Waals surface area (Å²) in [6, 6.07) is 13.1. The van der Waals surface area contributed by atoms with Crippen LogP contribution in [0.1, 0.15) is 41.3 Å². The fourth-order valence-electron chi connectivity index (χ4n) is 2.01. The van der Waals surface area contributed by atoms with Gasteiger partial charge in [0.05, 0.1) is 16.3 Å². The number of carboxylic acids is 1. The van der Waals surface area contributed by atoms with Gasteiger partial charge in [-0.2, -0.15) is 0 Å². The van der Waals surface area contributed by atoms with Crippen molar-refractivity contribution in [2.24, 2.45) is 0 Å². The Morgan fingerprint density at radius 2 is 1.86 bits per heavy atom.